The van der Waals surface area contributed by atoms with Crippen molar-refractivity contribution in [2.75, 3.05) is 0 Å². The average molecular weight is 417 g/mol. The van der Waals surface area contributed by atoms with Crippen molar-refractivity contribution in [3.63, 3.8) is 0 Å². The number of thioether (sulfide) groups is 1. The van der Waals surface area contributed by atoms with Crippen LogP contribution in [0.5, 0.6) is 5.75 Å². The fourth-order valence-corrected chi connectivity index (χ4v) is 3.63. The van der Waals surface area contributed by atoms with Crippen molar-refractivity contribution in [1.82, 2.24) is 15.2 Å². The van der Waals surface area contributed by atoms with Crippen LogP contribution < -0.4 is 5.11 Å². The van der Waals surface area contributed by atoms with Gasteiger partial charge in [0, 0.05) is 6.42 Å². The topological polar surface area (TPSA) is 102 Å². The maximum absolute atomic E-state index is 13.0. The number of aromatic nitrogens is 3. The van der Waals surface area contributed by atoms with Gasteiger partial charge in [-0.05, 0) is 51.8 Å². The predicted molar refractivity (Wildman–Crippen MR) is 115 cm³/mol. The van der Waals surface area contributed by atoms with E-state index in [4.69, 9.17) is 0 Å². The molecular formula is C22H30N3O3S-. The van der Waals surface area contributed by atoms with E-state index in [-0.39, 0.29) is 21.5 Å². The molecule has 1 aromatic carbocycles. The summed E-state index contributed by atoms with van der Waals surface area (Å²) < 4.78 is 0. The number of rotatable bonds is 6. The molecule has 0 atom stereocenters. The van der Waals surface area contributed by atoms with E-state index in [0.29, 0.717) is 21.8 Å². The number of carbonyl (C=O) groups is 1. The molecule has 0 spiro atoms. The van der Waals surface area contributed by atoms with Crippen molar-refractivity contribution in [2.45, 2.75) is 77.3 Å². The van der Waals surface area contributed by atoms with Gasteiger partial charge in [0.2, 0.25) is 5.16 Å². The SMILES string of the molecule is CCCc1nc(S/C(=C/c2cc(C(C)(C)C)c([O-])c(C(C)(C)C)c2)C(=O)O)n[nH]1. The Morgan fingerprint density at radius 1 is 1.17 bits per heavy atom. The number of nitrogens with zero attached hydrogens (tertiary/aromatic N) is 2. The molecule has 0 aliphatic rings. The lowest BCUT2D eigenvalue weighted by Gasteiger charge is -2.33. The van der Waals surface area contributed by atoms with Crippen LogP contribution >= 0.6 is 11.8 Å². The van der Waals surface area contributed by atoms with Gasteiger partial charge in [0.25, 0.3) is 0 Å². The molecule has 0 radical (unpaired) electrons. The molecule has 0 saturated heterocycles. The molecule has 29 heavy (non-hydrogen) atoms. The van der Waals surface area contributed by atoms with Crippen molar-refractivity contribution in [3.8, 4) is 5.75 Å². The Hall–Kier alpha value is -2.28. The minimum atomic E-state index is -1.06. The second-order valence-electron chi connectivity index (χ2n) is 9.18. The van der Waals surface area contributed by atoms with Gasteiger partial charge in [-0.3, -0.25) is 5.10 Å². The van der Waals surface area contributed by atoms with Gasteiger partial charge in [-0.2, -0.15) is 0 Å². The third-order valence-electron chi connectivity index (χ3n) is 4.44. The number of aliphatic carboxylic acids is 1. The van der Waals surface area contributed by atoms with Crippen LogP contribution in [0.3, 0.4) is 0 Å². The molecule has 158 valence electrons. The first-order valence-electron chi connectivity index (χ1n) is 9.73. The lowest BCUT2D eigenvalue weighted by Crippen LogP contribution is -2.21. The molecule has 0 saturated carbocycles. The average Bonchev–Trinajstić information content (AvgIpc) is 3.01. The Morgan fingerprint density at radius 3 is 2.17 bits per heavy atom. The summed E-state index contributed by atoms with van der Waals surface area (Å²) in [6.45, 7) is 14.0. The summed E-state index contributed by atoms with van der Waals surface area (Å²) in [7, 11) is 0. The first-order valence-corrected chi connectivity index (χ1v) is 10.5. The molecule has 0 bridgehead atoms. The zero-order chi connectivity index (χ0) is 22.0. The van der Waals surface area contributed by atoms with Crippen LogP contribution in [-0.2, 0) is 22.0 Å². The zero-order valence-corrected chi connectivity index (χ0v) is 19.0. The van der Waals surface area contributed by atoms with E-state index in [1.54, 1.807) is 18.2 Å². The summed E-state index contributed by atoms with van der Waals surface area (Å²) in [6, 6.07) is 3.59. The lowest BCUT2D eigenvalue weighted by molar-refractivity contribution is -0.271. The molecule has 1 heterocycles. The van der Waals surface area contributed by atoms with E-state index in [1.807, 2.05) is 48.5 Å². The van der Waals surface area contributed by atoms with E-state index >= 15 is 0 Å². The predicted octanol–water partition coefficient (Wildman–Crippen LogP) is 4.64. The quantitative estimate of drug-likeness (QED) is 0.525. The molecule has 2 rings (SSSR count). The second-order valence-corrected chi connectivity index (χ2v) is 10.2. The number of aromatic amines is 1. The number of H-pyrrole nitrogens is 1. The fraction of sp³-hybridized carbons (Fsp3) is 0.500. The van der Waals surface area contributed by atoms with Gasteiger partial charge < -0.3 is 10.2 Å². The summed E-state index contributed by atoms with van der Waals surface area (Å²) in [6.07, 6.45) is 3.27. The van der Waals surface area contributed by atoms with Crippen LogP contribution in [0.1, 0.15) is 77.4 Å². The standard InChI is InChI=1S/C22H31N3O3S/c1-8-9-17-23-20(25-24-17)29-16(19(27)28)12-13-10-14(21(2,3)4)18(26)15(11-13)22(5,6)7/h10-12,26H,8-9H2,1-7H3,(H,27,28)(H,23,24,25)/p-1/b16-12+. The summed E-state index contributed by atoms with van der Waals surface area (Å²) in [4.78, 5) is 16.3. The van der Waals surface area contributed by atoms with Crippen LogP contribution in [0.4, 0.5) is 0 Å². The summed E-state index contributed by atoms with van der Waals surface area (Å²) in [5.74, 6) is -0.303. The fourth-order valence-electron chi connectivity index (χ4n) is 2.91. The van der Waals surface area contributed by atoms with Crippen molar-refractivity contribution in [1.29, 1.82) is 0 Å². The summed E-state index contributed by atoms with van der Waals surface area (Å²) in [5.41, 5.74) is 1.34. The third-order valence-corrected chi connectivity index (χ3v) is 5.31. The maximum atomic E-state index is 13.0. The number of benzene rings is 1. The molecule has 0 aliphatic heterocycles. The first-order chi connectivity index (χ1) is 13.3. The van der Waals surface area contributed by atoms with Gasteiger partial charge >= 0.3 is 5.97 Å². The highest BCUT2D eigenvalue weighted by molar-refractivity contribution is 8.04. The second kappa shape index (κ2) is 8.61. The van der Waals surface area contributed by atoms with Gasteiger partial charge in [-0.15, -0.1) is 10.8 Å². The van der Waals surface area contributed by atoms with Gasteiger partial charge in [-0.25, -0.2) is 9.78 Å². The molecular weight excluding hydrogens is 386 g/mol. The molecule has 0 aliphatic carbocycles. The van der Waals surface area contributed by atoms with Crippen LogP contribution in [0, 0.1) is 0 Å². The van der Waals surface area contributed by atoms with E-state index in [9.17, 15) is 15.0 Å². The van der Waals surface area contributed by atoms with Crippen LogP contribution in [0.25, 0.3) is 6.08 Å². The largest absolute Gasteiger partial charge is 0.872 e. The number of aryl methyl sites for hydroxylation is 1. The van der Waals surface area contributed by atoms with E-state index in [2.05, 4.69) is 15.2 Å². The number of hydrogen-bond acceptors (Lipinski definition) is 5. The number of hydrogen-bond donors (Lipinski definition) is 2. The summed E-state index contributed by atoms with van der Waals surface area (Å²) in [5, 5.41) is 30.0. The highest BCUT2D eigenvalue weighted by atomic mass is 32.2. The smallest absolute Gasteiger partial charge is 0.342 e. The zero-order valence-electron chi connectivity index (χ0n) is 18.2. The number of carboxylic acids is 1. The van der Waals surface area contributed by atoms with Gasteiger partial charge in [-0.1, -0.05) is 60.6 Å². The van der Waals surface area contributed by atoms with Crippen molar-refractivity contribution in [2.24, 2.45) is 0 Å². The number of carboxylic acid groups (broad SMARTS) is 1. The molecule has 0 fully saturated rings. The minimum absolute atomic E-state index is 0.0184. The molecule has 7 heteroatoms. The molecule has 0 unspecified atom stereocenters. The van der Waals surface area contributed by atoms with Gasteiger partial charge in [0.15, 0.2) is 0 Å². The van der Waals surface area contributed by atoms with E-state index < -0.39 is 5.97 Å². The van der Waals surface area contributed by atoms with Crippen LogP contribution in [0.15, 0.2) is 22.2 Å². The Morgan fingerprint density at radius 2 is 1.72 bits per heavy atom. The maximum Gasteiger partial charge on any atom is 0.342 e. The van der Waals surface area contributed by atoms with Gasteiger partial charge in [0.1, 0.15) is 10.7 Å². The highest BCUT2D eigenvalue weighted by Gasteiger charge is 2.23. The third kappa shape index (κ3) is 5.85. The van der Waals surface area contributed by atoms with E-state index in [1.165, 1.54) is 0 Å². The Labute approximate surface area is 176 Å². The molecule has 2 aromatic rings. The number of nitrogens with one attached hydrogen (secondary N) is 1. The van der Waals surface area contributed by atoms with E-state index in [0.717, 1.165) is 30.4 Å². The summed E-state index contributed by atoms with van der Waals surface area (Å²) >= 11 is 0.999. The normalized spacial score (nSPS) is 13.0. The Kier molecular flexibility index (Phi) is 6.83. The highest BCUT2D eigenvalue weighted by Crippen LogP contribution is 2.39. The lowest BCUT2D eigenvalue weighted by atomic mass is 9.78. The first kappa shape index (κ1) is 23.0. The Balaban J connectivity index is 2.53. The molecule has 1 aromatic heterocycles. The van der Waals surface area contributed by atoms with Gasteiger partial charge in [0.05, 0.1) is 0 Å². The molecule has 0 amide bonds. The van der Waals surface area contributed by atoms with Crippen molar-refractivity contribution in [3.05, 3.63) is 39.6 Å². The van der Waals surface area contributed by atoms with Crippen LogP contribution in [-0.4, -0.2) is 26.3 Å². The molecule has 2 N–H and O–H groups in total. The molecule has 6 nitrogen and oxygen atoms in total. The van der Waals surface area contributed by atoms with Crippen molar-refractivity contribution >= 4 is 23.8 Å². The minimum Gasteiger partial charge on any atom is -0.872 e. The van der Waals surface area contributed by atoms with Crippen LogP contribution in [0.2, 0.25) is 0 Å². The Bertz CT molecular complexity index is 883. The monoisotopic (exact) mass is 416 g/mol. The van der Waals surface area contributed by atoms with Crippen molar-refractivity contribution < 1.29 is 15.0 Å².